The Bertz CT molecular complexity index is 1310. The summed E-state index contributed by atoms with van der Waals surface area (Å²) in [6.07, 6.45) is 0.798. The van der Waals surface area contributed by atoms with Crippen molar-refractivity contribution in [1.29, 1.82) is 0 Å². The molecule has 0 spiro atoms. The van der Waals surface area contributed by atoms with Crippen molar-refractivity contribution in [2.75, 3.05) is 12.4 Å². The molecule has 0 aromatic heterocycles. The fourth-order valence-electron chi connectivity index (χ4n) is 4.01. The van der Waals surface area contributed by atoms with Gasteiger partial charge in [0.05, 0.1) is 16.7 Å². The Kier molecular flexibility index (Phi) is 10.5. The van der Waals surface area contributed by atoms with E-state index in [0.717, 1.165) is 33.4 Å². The largest absolute Gasteiger partial charge is 1.00 e. The number of hydrogen-bond acceptors (Lipinski definition) is 4. The van der Waals surface area contributed by atoms with E-state index in [0.29, 0.717) is 25.2 Å². The summed E-state index contributed by atoms with van der Waals surface area (Å²) in [6, 6.07) is 39.1. The Hall–Kier alpha value is -2.67. The van der Waals surface area contributed by atoms with Crippen LogP contribution in [0.5, 0.6) is 5.75 Å². The SMILES string of the molecule is O=S(=O)([O-])CCCCOc1ccc(C(=C(c2ccccc2)c2ccccc2)c2ccccc2)cc1.[Na+]. The zero-order valence-electron chi connectivity index (χ0n) is 20.3. The van der Waals surface area contributed by atoms with Crippen LogP contribution in [0.3, 0.4) is 0 Å². The normalized spacial score (nSPS) is 10.8. The van der Waals surface area contributed by atoms with Crippen molar-refractivity contribution in [3.05, 3.63) is 138 Å². The number of unbranched alkanes of at least 4 members (excludes halogenated alkanes) is 1. The molecule has 0 aliphatic rings. The quantitative estimate of drug-likeness (QED) is 0.143. The van der Waals surface area contributed by atoms with Crippen LogP contribution in [0.2, 0.25) is 0 Å². The van der Waals surface area contributed by atoms with E-state index in [-0.39, 0.29) is 35.3 Å². The summed E-state index contributed by atoms with van der Waals surface area (Å²) in [7, 11) is -4.18. The van der Waals surface area contributed by atoms with E-state index >= 15 is 0 Å². The molecule has 0 fully saturated rings. The number of benzene rings is 4. The van der Waals surface area contributed by atoms with E-state index < -0.39 is 10.1 Å². The molecule has 0 N–H and O–H groups in total. The maximum absolute atomic E-state index is 10.7. The molecule has 0 saturated carbocycles. The molecule has 4 rings (SSSR count). The van der Waals surface area contributed by atoms with Crippen LogP contribution in [-0.2, 0) is 10.1 Å². The summed E-state index contributed by atoms with van der Waals surface area (Å²) in [6.45, 7) is 0.357. The first-order valence-electron chi connectivity index (χ1n) is 11.6. The Morgan fingerprint density at radius 3 is 1.36 bits per heavy atom. The van der Waals surface area contributed by atoms with Gasteiger partial charge in [0.2, 0.25) is 0 Å². The van der Waals surface area contributed by atoms with Gasteiger partial charge in [0.1, 0.15) is 5.75 Å². The Balaban J connectivity index is 0.00000361. The number of hydrogen-bond donors (Lipinski definition) is 0. The van der Waals surface area contributed by atoms with Crippen molar-refractivity contribution >= 4 is 21.3 Å². The van der Waals surface area contributed by atoms with Crippen LogP contribution in [0.25, 0.3) is 11.1 Å². The minimum Gasteiger partial charge on any atom is -0.748 e. The van der Waals surface area contributed by atoms with Crippen LogP contribution < -0.4 is 34.3 Å². The third-order valence-corrected chi connectivity index (χ3v) is 6.43. The molecule has 0 saturated heterocycles. The van der Waals surface area contributed by atoms with Crippen LogP contribution in [0.4, 0.5) is 0 Å². The summed E-state index contributed by atoms with van der Waals surface area (Å²) in [5, 5.41) is 0. The number of ether oxygens (including phenoxy) is 1. The molecule has 0 amide bonds. The van der Waals surface area contributed by atoms with Gasteiger partial charge < -0.3 is 9.29 Å². The van der Waals surface area contributed by atoms with Crippen LogP contribution >= 0.6 is 0 Å². The van der Waals surface area contributed by atoms with E-state index in [4.69, 9.17) is 4.74 Å². The molecule has 6 heteroatoms. The van der Waals surface area contributed by atoms with Crippen LogP contribution in [-0.4, -0.2) is 25.3 Å². The fraction of sp³-hybridized carbons (Fsp3) is 0.133. The maximum atomic E-state index is 10.7. The van der Waals surface area contributed by atoms with Crippen molar-refractivity contribution in [3.63, 3.8) is 0 Å². The van der Waals surface area contributed by atoms with Gasteiger partial charge in [-0.2, -0.15) is 0 Å². The summed E-state index contributed by atoms with van der Waals surface area (Å²) in [5.41, 5.74) is 6.70. The van der Waals surface area contributed by atoms with Gasteiger partial charge in [0.15, 0.2) is 0 Å². The van der Waals surface area contributed by atoms with Crippen molar-refractivity contribution in [1.82, 2.24) is 0 Å². The average Bonchev–Trinajstić information content (AvgIpc) is 2.88. The molecular weight excluding hydrogens is 479 g/mol. The van der Waals surface area contributed by atoms with Crippen molar-refractivity contribution in [2.45, 2.75) is 12.8 Å². The summed E-state index contributed by atoms with van der Waals surface area (Å²) < 4.78 is 38.0. The summed E-state index contributed by atoms with van der Waals surface area (Å²) in [4.78, 5) is 0. The molecule has 0 aliphatic heterocycles. The fourth-order valence-corrected chi connectivity index (χ4v) is 4.57. The third kappa shape index (κ3) is 7.92. The van der Waals surface area contributed by atoms with Crippen molar-refractivity contribution < 1.29 is 47.3 Å². The van der Waals surface area contributed by atoms with Gasteiger partial charge in [-0.05, 0) is 58.4 Å². The molecule has 178 valence electrons. The maximum Gasteiger partial charge on any atom is 1.00 e. The number of rotatable bonds is 10. The Morgan fingerprint density at radius 2 is 0.972 bits per heavy atom. The van der Waals surface area contributed by atoms with Gasteiger partial charge in [-0.3, -0.25) is 0 Å². The first-order chi connectivity index (χ1) is 17.0. The molecule has 4 aromatic carbocycles. The van der Waals surface area contributed by atoms with Gasteiger partial charge in [0.25, 0.3) is 0 Å². The van der Waals surface area contributed by atoms with Gasteiger partial charge in [0, 0.05) is 5.75 Å². The van der Waals surface area contributed by atoms with E-state index in [1.807, 2.05) is 54.6 Å². The van der Waals surface area contributed by atoms with E-state index in [2.05, 4.69) is 60.7 Å². The minimum atomic E-state index is -4.18. The smallest absolute Gasteiger partial charge is 0.748 e. The van der Waals surface area contributed by atoms with Crippen LogP contribution in [0, 0.1) is 0 Å². The summed E-state index contributed by atoms with van der Waals surface area (Å²) >= 11 is 0. The predicted octanol–water partition coefficient (Wildman–Crippen LogP) is 3.40. The molecular formula is C30H27NaO4S. The Morgan fingerprint density at radius 1 is 0.583 bits per heavy atom. The van der Waals surface area contributed by atoms with Crippen molar-refractivity contribution in [3.8, 4) is 5.75 Å². The first-order valence-corrected chi connectivity index (χ1v) is 13.2. The average molecular weight is 507 g/mol. The molecule has 4 nitrogen and oxygen atoms in total. The molecule has 0 bridgehead atoms. The van der Waals surface area contributed by atoms with E-state index in [9.17, 15) is 13.0 Å². The third-order valence-electron chi connectivity index (χ3n) is 5.64. The first kappa shape index (κ1) is 27.9. The van der Waals surface area contributed by atoms with Gasteiger partial charge >= 0.3 is 29.6 Å². The van der Waals surface area contributed by atoms with Gasteiger partial charge in [-0.25, -0.2) is 8.42 Å². The van der Waals surface area contributed by atoms with Crippen molar-refractivity contribution in [2.24, 2.45) is 0 Å². The monoisotopic (exact) mass is 506 g/mol. The second kappa shape index (κ2) is 13.6. The second-order valence-corrected chi connectivity index (χ2v) is 9.71. The molecule has 4 aromatic rings. The zero-order chi connectivity index (χ0) is 24.5. The molecule has 0 aliphatic carbocycles. The molecule has 0 heterocycles. The molecule has 0 unspecified atom stereocenters. The zero-order valence-corrected chi connectivity index (χ0v) is 23.2. The Labute approximate surface area is 235 Å². The van der Waals surface area contributed by atoms with Gasteiger partial charge in [-0.15, -0.1) is 0 Å². The van der Waals surface area contributed by atoms with Crippen LogP contribution in [0.1, 0.15) is 35.1 Å². The van der Waals surface area contributed by atoms with Crippen LogP contribution in [0.15, 0.2) is 115 Å². The molecule has 0 radical (unpaired) electrons. The predicted molar refractivity (Wildman–Crippen MR) is 140 cm³/mol. The molecule has 36 heavy (non-hydrogen) atoms. The van der Waals surface area contributed by atoms with Gasteiger partial charge in [-0.1, -0.05) is 103 Å². The van der Waals surface area contributed by atoms with E-state index in [1.54, 1.807) is 0 Å². The summed E-state index contributed by atoms with van der Waals surface area (Å²) in [5.74, 6) is 0.342. The topological polar surface area (TPSA) is 66.4 Å². The minimum absolute atomic E-state index is 0. The molecule has 0 atom stereocenters. The van der Waals surface area contributed by atoms with E-state index in [1.165, 1.54) is 0 Å². The second-order valence-electron chi connectivity index (χ2n) is 8.19. The standard InChI is InChI=1S/C30H28O4S.Na/c31-35(32,33)23-11-10-22-34-28-20-18-27(19-21-28)30(26-16-8-3-9-17-26)29(24-12-4-1-5-13-24)25-14-6-2-7-15-25;/h1-9,12-21H,10-11,22-23H2,(H,31,32,33);/q;+1/p-1.